The van der Waals surface area contributed by atoms with E-state index in [9.17, 15) is 0 Å². The summed E-state index contributed by atoms with van der Waals surface area (Å²) in [6, 6.07) is 12.5. The summed E-state index contributed by atoms with van der Waals surface area (Å²) in [4.78, 5) is 4.17. The van der Waals surface area contributed by atoms with E-state index in [1.54, 1.807) is 6.20 Å². The summed E-state index contributed by atoms with van der Waals surface area (Å²) in [6.45, 7) is 3.01. The molecule has 0 bridgehead atoms. The number of benzene rings is 1. The normalized spacial score (nSPS) is 12.3. The molecule has 0 radical (unpaired) electrons. The number of rotatable bonds is 5. The number of aromatic nitrogens is 1. The molecule has 3 heteroatoms. The maximum Gasteiger partial charge on any atom is 0.0396 e. The number of likely N-dealkylation sites (N-methyl/N-ethyl adjacent to an activating group) is 1. The first-order valence-corrected chi connectivity index (χ1v) is 6.28. The van der Waals surface area contributed by atoms with Gasteiger partial charge in [-0.15, -0.1) is 0 Å². The molecule has 1 aromatic heterocycles. The van der Waals surface area contributed by atoms with Crippen molar-refractivity contribution in [3.05, 3.63) is 59.9 Å². The van der Waals surface area contributed by atoms with Crippen LogP contribution in [-0.4, -0.2) is 11.5 Å². The number of pyridine rings is 1. The zero-order valence-electron chi connectivity index (χ0n) is 10.6. The van der Waals surface area contributed by atoms with Crippen molar-refractivity contribution in [2.75, 3.05) is 12.3 Å². The predicted molar refractivity (Wildman–Crippen MR) is 75.2 cm³/mol. The average Bonchev–Trinajstić information content (AvgIpc) is 2.40. The van der Waals surface area contributed by atoms with E-state index in [1.807, 2.05) is 18.3 Å². The van der Waals surface area contributed by atoms with Gasteiger partial charge in [0.15, 0.2) is 0 Å². The topological polar surface area (TPSA) is 50.9 Å². The number of nitrogen functional groups attached to an aromatic ring is 1. The lowest BCUT2D eigenvalue weighted by molar-refractivity contribution is 0.550. The maximum atomic E-state index is 6.03. The van der Waals surface area contributed by atoms with Gasteiger partial charge in [0, 0.05) is 29.7 Å². The molecule has 0 fully saturated rings. The van der Waals surface area contributed by atoms with E-state index in [0.29, 0.717) is 0 Å². The maximum absolute atomic E-state index is 6.03. The molecule has 0 aliphatic heterocycles. The second kappa shape index (κ2) is 6.17. The van der Waals surface area contributed by atoms with E-state index in [4.69, 9.17) is 5.73 Å². The number of hydrogen-bond donors (Lipinski definition) is 2. The fourth-order valence-corrected chi connectivity index (χ4v) is 2.10. The second-order valence-corrected chi connectivity index (χ2v) is 4.30. The van der Waals surface area contributed by atoms with Crippen molar-refractivity contribution in [2.45, 2.75) is 19.4 Å². The Morgan fingerprint density at radius 1 is 1.22 bits per heavy atom. The van der Waals surface area contributed by atoms with Gasteiger partial charge in [-0.2, -0.15) is 0 Å². The zero-order chi connectivity index (χ0) is 12.8. The SMILES string of the molecule is CCNC(Cc1ccccc1)c1cnccc1N. The van der Waals surface area contributed by atoms with Gasteiger partial charge < -0.3 is 11.1 Å². The molecule has 0 saturated heterocycles. The van der Waals surface area contributed by atoms with Crippen LogP contribution in [0, 0.1) is 0 Å². The summed E-state index contributed by atoms with van der Waals surface area (Å²) in [5, 5.41) is 3.47. The summed E-state index contributed by atoms with van der Waals surface area (Å²) in [7, 11) is 0. The zero-order valence-corrected chi connectivity index (χ0v) is 10.6. The monoisotopic (exact) mass is 241 g/mol. The number of hydrogen-bond acceptors (Lipinski definition) is 3. The Hall–Kier alpha value is -1.87. The van der Waals surface area contributed by atoms with E-state index in [1.165, 1.54) is 5.56 Å². The van der Waals surface area contributed by atoms with Gasteiger partial charge >= 0.3 is 0 Å². The van der Waals surface area contributed by atoms with Gasteiger partial charge in [-0.05, 0) is 24.6 Å². The van der Waals surface area contributed by atoms with Crippen LogP contribution in [0.1, 0.15) is 24.1 Å². The molecule has 1 heterocycles. The van der Waals surface area contributed by atoms with Crippen molar-refractivity contribution in [2.24, 2.45) is 0 Å². The molecule has 1 unspecified atom stereocenters. The van der Waals surface area contributed by atoms with Crippen molar-refractivity contribution < 1.29 is 0 Å². The van der Waals surface area contributed by atoms with Gasteiger partial charge in [-0.1, -0.05) is 37.3 Å². The highest BCUT2D eigenvalue weighted by atomic mass is 14.9. The molecule has 94 valence electrons. The first-order chi connectivity index (χ1) is 8.81. The molecule has 3 N–H and O–H groups in total. The Balaban J connectivity index is 2.21. The largest absolute Gasteiger partial charge is 0.398 e. The molecule has 0 aliphatic rings. The van der Waals surface area contributed by atoms with Crippen LogP contribution in [0.15, 0.2) is 48.8 Å². The van der Waals surface area contributed by atoms with Gasteiger partial charge in [0.05, 0.1) is 0 Å². The third-order valence-corrected chi connectivity index (χ3v) is 3.00. The van der Waals surface area contributed by atoms with Gasteiger partial charge in [0.1, 0.15) is 0 Å². The van der Waals surface area contributed by atoms with Gasteiger partial charge in [0.25, 0.3) is 0 Å². The van der Waals surface area contributed by atoms with E-state index in [0.717, 1.165) is 24.2 Å². The number of nitrogens with one attached hydrogen (secondary N) is 1. The first-order valence-electron chi connectivity index (χ1n) is 6.28. The van der Waals surface area contributed by atoms with Crippen LogP contribution < -0.4 is 11.1 Å². The van der Waals surface area contributed by atoms with Crippen LogP contribution in [0.3, 0.4) is 0 Å². The molecule has 3 nitrogen and oxygen atoms in total. The van der Waals surface area contributed by atoms with Gasteiger partial charge in [-0.3, -0.25) is 4.98 Å². The molecule has 0 amide bonds. The van der Waals surface area contributed by atoms with Crippen molar-refractivity contribution in [1.29, 1.82) is 0 Å². The minimum atomic E-state index is 0.214. The van der Waals surface area contributed by atoms with Crippen LogP contribution in [-0.2, 0) is 6.42 Å². The van der Waals surface area contributed by atoms with Gasteiger partial charge in [0.2, 0.25) is 0 Å². The molecule has 0 aliphatic carbocycles. The lowest BCUT2D eigenvalue weighted by Gasteiger charge is -2.19. The summed E-state index contributed by atoms with van der Waals surface area (Å²) in [6.07, 6.45) is 4.50. The lowest BCUT2D eigenvalue weighted by atomic mass is 9.99. The Morgan fingerprint density at radius 2 is 2.00 bits per heavy atom. The number of nitrogens with zero attached hydrogens (tertiary/aromatic N) is 1. The molecular weight excluding hydrogens is 222 g/mol. The standard InChI is InChI=1S/C15H19N3/c1-2-18-15(10-12-6-4-3-5-7-12)13-11-17-9-8-14(13)16/h3-9,11,15,18H,2,10H2,1H3,(H2,16,17). The molecule has 2 aromatic rings. The average molecular weight is 241 g/mol. The van der Waals surface area contributed by atoms with Crippen molar-refractivity contribution >= 4 is 5.69 Å². The fraction of sp³-hybridized carbons (Fsp3) is 0.267. The highest BCUT2D eigenvalue weighted by Crippen LogP contribution is 2.22. The minimum absolute atomic E-state index is 0.214. The summed E-state index contributed by atoms with van der Waals surface area (Å²) >= 11 is 0. The Kier molecular flexibility index (Phi) is 4.31. The summed E-state index contributed by atoms with van der Waals surface area (Å²) < 4.78 is 0. The Morgan fingerprint density at radius 3 is 2.67 bits per heavy atom. The smallest absolute Gasteiger partial charge is 0.0396 e. The van der Waals surface area contributed by atoms with E-state index >= 15 is 0 Å². The van der Waals surface area contributed by atoms with Crippen LogP contribution in [0.25, 0.3) is 0 Å². The third-order valence-electron chi connectivity index (χ3n) is 3.00. The molecule has 18 heavy (non-hydrogen) atoms. The van der Waals surface area contributed by atoms with Crippen LogP contribution in [0.4, 0.5) is 5.69 Å². The fourth-order valence-electron chi connectivity index (χ4n) is 2.10. The Labute approximate surface area is 108 Å². The molecule has 2 rings (SSSR count). The lowest BCUT2D eigenvalue weighted by Crippen LogP contribution is -2.24. The molecule has 1 atom stereocenters. The predicted octanol–water partition coefficient (Wildman–Crippen LogP) is 2.56. The van der Waals surface area contributed by atoms with Crippen molar-refractivity contribution in [1.82, 2.24) is 10.3 Å². The quantitative estimate of drug-likeness (QED) is 0.846. The number of anilines is 1. The van der Waals surface area contributed by atoms with Crippen LogP contribution >= 0.6 is 0 Å². The minimum Gasteiger partial charge on any atom is -0.398 e. The second-order valence-electron chi connectivity index (χ2n) is 4.30. The molecule has 1 aromatic carbocycles. The third kappa shape index (κ3) is 3.08. The summed E-state index contributed by atoms with van der Waals surface area (Å²) in [5.41, 5.74) is 9.19. The number of nitrogens with two attached hydrogens (primary N) is 1. The molecule has 0 saturated carbocycles. The van der Waals surface area contributed by atoms with Crippen molar-refractivity contribution in [3.63, 3.8) is 0 Å². The van der Waals surface area contributed by atoms with Crippen LogP contribution in [0.2, 0.25) is 0 Å². The van der Waals surface area contributed by atoms with Gasteiger partial charge in [-0.25, -0.2) is 0 Å². The highest BCUT2D eigenvalue weighted by Gasteiger charge is 2.13. The van der Waals surface area contributed by atoms with Crippen molar-refractivity contribution in [3.8, 4) is 0 Å². The van der Waals surface area contributed by atoms with E-state index < -0.39 is 0 Å². The van der Waals surface area contributed by atoms with E-state index in [2.05, 4.69) is 41.5 Å². The molecule has 0 spiro atoms. The van der Waals surface area contributed by atoms with Crippen LogP contribution in [0.5, 0.6) is 0 Å². The Bertz CT molecular complexity index is 482. The summed E-state index contributed by atoms with van der Waals surface area (Å²) in [5.74, 6) is 0. The molecular formula is C15H19N3. The van der Waals surface area contributed by atoms with E-state index in [-0.39, 0.29) is 6.04 Å². The first kappa shape index (κ1) is 12.6. The highest BCUT2D eigenvalue weighted by molar-refractivity contribution is 5.46.